The number of Topliss-reactive ketones (excluding diaryl/α,β-unsaturated/α-hetero) is 1. The number of amides is 1. The second kappa shape index (κ2) is 8.37. The van der Waals surface area contributed by atoms with Gasteiger partial charge in [0.25, 0.3) is 11.5 Å². The second-order valence-corrected chi connectivity index (χ2v) is 5.87. The fourth-order valence-corrected chi connectivity index (χ4v) is 2.45. The first-order valence-corrected chi connectivity index (χ1v) is 8.20. The summed E-state index contributed by atoms with van der Waals surface area (Å²) < 4.78 is 14.2. The molecule has 1 aromatic carbocycles. The lowest BCUT2D eigenvalue weighted by Crippen LogP contribution is -2.41. The number of aromatic nitrogens is 1. The molecule has 0 radical (unpaired) electrons. The summed E-state index contributed by atoms with van der Waals surface area (Å²) in [5, 5.41) is 2.70. The van der Waals surface area contributed by atoms with Gasteiger partial charge in [0, 0.05) is 24.4 Å². The number of ketones is 1. The molecule has 1 amide bonds. The Morgan fingerprint density at radius 2 is 1.84 bits per heavy atom. The van der Waals surface area contributed by atoms with Crippen LogP contribution in [0.15, 0.2) is 47.4 Å². The number of benzene rings is 1. The van der Waals surface area contributed by atoms with Crippen molar-refractivity contribution in [3.05, 3.63) is 69.9 Å². The molecule has 0 unspecified atom stereocenters. The average molecular weight is 344 g/mol. The van der Waals surface area contributed by atoms with E-state index in [1.54, 1.807) is 13.0 Å². The number of pyridine rings is 1. The van der Waals surface area contributed by atoms with Crippen molar-refractivity contribution in [2.75, 3.05) is 6.54 Å². The van der Waals surface area contributed by atoms with E-state index in [9.17, 15) is 18.8 Å². The summed E-state index contributed by atoms with van der Waals surface area (Å²) in [5.74, 6) is -1.58. The van der Waals surface area contributed by atoms with Gasteiger partial charge in [0.05, 0.1) is 0 Å². The maximum atomic E-state index is 13.1. The molecule has 5 nitrogen and oxygen atoms in total. The summed E-state index contributed by atoms with van der Waals surface area (Å²) in [5.41, 5.74) is 0.472. The predicted octanol–water partition coefficient (Wildman–Crippen LogP) is 2.64. The van der Waals surface area contributed by atoms with Gasteiger partial charge in [-0.2, -0.15) is 0 Å². The molecule has 0 fully saturated rings. The SMILES string of the molecule is CCCCNC(=O)[C@@H](C(=O)c1ccc(F)cc1)n1cc(C)ccc1=O. The van der Waals surface area contributed by atoms with Crippen molar-refractivity contribution in [3.63, 3.8) is 0 Å². The maximum Gasteiger partial charge on any atom is 0.251 e. The molecular formula is C19H21FN2O3. The fourth-order valence-electron chi connectivity index (χ4n) is 2.45. The van der Waals surface area contributed by atoms with Crippen molar-refractivity contribution in [1.29, 1.82) is 0 Å². The Morgan fingerprint density at radius 3 is 2.48 bits per heavy atom. The first-order chi connectivity index (χ1) is 11.9. The minimum Gasteiger partial charge on any atom is -0.354 e. The van der Waals surface area contributed by atoms with Gasteiger partial charge in [-0.3, -0.25) is 19.0 Å². The lowest BCUT2D eigenvalue weighted by Gasteiger charge is -2.19. The molecule has 1 atom stereocenters. The summed E-state index contributed by atoms with van der Waals surface area (Å²) in [6.07, 6.45) is 3.14. The molecule has 1 N–H and O–H groups in total. The average Bonchev–Trinajstić information content (AvgIpc) is 2.59. The minimum atomic E-state index is -1.32. The highest BCUT2D eigenvalue weighted by molar-refractivity contribution is 6.11. The highest BCUT2D eigenvalue weighted by atomic mass is 19.1. The predicted molar refractivity (Wildman–Crippen MR) is 93.1 cm³/mol. The van der Waals surface area contributed by atoms with Gasteiger partial charge in [0.1, 0.15) is 5.82 Å². The number of nitrogens with zero attached hydrogens (tertiary/aromatic N) is 1. The van der Waals surface area contributed by atoms with Crippen LogP contribution in [0.1, 0.15) is 41.7 Å². The Morgan fingerprint density at radius 1 is 1.16 bits per heavy atom. The minimum absolute atomic E-state index is 0.172. The number of unbranched alkanes of at least 4 members (excludes halogenated alkanes) is 1. The molecule has 1 aromatic heterocycles. The van der Waals surface area contributed by atoms with E-state index in [4.69, 9.17) is 0 Å². The number of nitrogens with one attached hydrogen (secondary N) is 1. The van der Waals surface area contributed by atoms with Crippen molar-refractivity contribution in [2.24, 2.45) is 0 Å². The third-order valence-electron chi connectivity index (χ3n) is 3.82. The quantitative estimate of drug-likeness (QED) is 0.477. The van der Waals surface area contributed by atoms with Crippen molar-refractivity contribution in [1.82, 2.24) is 9.88 Å². The monoisotopic (exact) mass is 344 g/mol. The molecule has 0 spiro atoms. The van der Waals surface area contributed by atoms with Crippen LogP contribution in [-0.4, -0.2) is 22.8 Å². The number of aryl methyl sites for hydroxylation is 1. The van der Waals surface area contributed by atoms with E-state index in [0.29, 0.717) is 6.54 Å². The van der Waals surface area contributed by atoms with Gasteiger partial charge in [-0.1, -0.05) is 19.4 Å². The third kappa shape index (κ3) is 4.62. The zero-order chi connectivity index (χ0) is 18.4. The second-order valence-electron chi connectivity index (χ2n) is 5.87. The molecule has 0 aliphatic carbocycles. The Bertz CT molecular complexity index is 812. The summed E-state index contributed by atoms with van der Waals surface area (Å²) in [6.45, 7) is 4.17. The highest BCUT2D eigenvalue weighted by Gasteiger charge is 2.30. The van der Waals surface area contributed by atoms with Crippen LogP contribution in [0.5, 0.6) is 0 Å². The summed E-state index contributed by atoms with van der Waals surface area (Å²) in [7, 11) is 0. The molecule has 25 heavy (non-hydrogen) atoms. The van der Waals surface area contributed by atoms with Crippen LogP contribution in [0.25, 0.3) is 0 Å². The van der Waals surface area contributed by atoms with Gasteiger partial charge in [-0.25, -0.2) is 4.39 Å². The molecule has 6 heteroatoms. The first-order valence-electron chi connectivity index (χ1n) is 8.20. The number of halogens is 1. The Kier molecular flexibility index (Phi) is 6.22. The van der Waals surface area contributed by atoms with Crippen LogP contribution in [0, 0.1) is 12.7 Å². The lowest BCUT2D eigenvalue weighted by atomic mass is 10.0. The first kappa shape index (κ1) is 18.6. The molecular weight excluding hydrogens is 323 g/mol. The molecule has 0 bridgehead atoms. The zero-order valence-corrected chi connectivity index (χ0v) is 14.3. The zero-order valence-electron chi connectivity index (χ0n) is 14.3. The number of hydrogen-bond donors (Lipinski definition) is 1. The van der Waals surface area contributed by atoms with Gasteiger partial charge >= 0.3 is 0 Å². The molecule has 0 saturated heterocycles. The standard InChI is InChI=1S/C19H21FN2O3/c1-3-4-11-21-19(25)17(22-12-13(2)5-10-16(22)23)18(24)14-6-8-15(20)9-7-14/h5-10,12,17H,3-4,11H2,1-2H3,(H,21,25)/t17-/m1/s1. The Hall–Kier alpha value is -2.76. The highest BCUT2D eigenvalue weighted by Crippen LogP contribution is 2.15. The van der Waals surface area contributed by atoms with E-state index in [-0.39, 0.29) is 5.56 Å². The van der Waals surface area contributed by atoms with Crippen LogP contribution in [0.3, 0.4) is 0 Å². The summed E-state index contributed by atoms with van der Waals surface area (Å²) in [4.78, 5) is 37.7. The molecule has 0 aliphatic rings. The van der Waals surface area contributed by atoms with Crippen molar-refractivity contribution in [3.8, 4) is 0 Å². The number of carbonyl (C=O) groups is 2. The topological polar surface area (TPSA) is 68.2 Å². The van der Waals surface area contributed by atoms with E-state index in [0.717, 1.165) is 35.1 Å². The van der Waals surface area contributed by atoms with Crippen LogP contribution >= 0.6 is 0 Å². The fraction of sp³-hybridized carbons (Fsp3) is 0.316. The van der Waals surface area contributed by atoms with Gasteiger partial charge < -0.3 is 5.32 Å². The van der Waals surface area contributed by atoms with Crippen LogP contribution in [-0.2, 0) is 4.79 Å². The normalized spacial score (nSPS) is 11.8. The van der Waals surface area contributed by atoms with Gasteiger partial charge in [0.2, 0.25) is 0 Å². The van der Waals surface area contributed by atoms with Crippen LogP contribution in [0.4, 0.5) is 4.39 Å². The van der Waals surface area contributed by atoms with E-state index >= 15 is 0 Å². The Balaban J connectivity index is 2.42. The summed E-state index contributed by atoms with van der Waals surface area (Å²) >= 11 is 0. The lowest BCUT2D eigenvalue weighted by molar-refractivity contribution is -0.123. The molecule has 132 valence electrons. The van der Waals surface area contributed by atoms with Crippen molar-refractivity contribution < 1.29 is 14.0 Å². The van der Waals surface area contributed by atoms with Gasteiger partial charge in [0.15, 0.2) is 11.8 Å². The number of rotatable bonds is 7. The number of carbonyl (C=O) groups excluding carboxylic acids is 2. The van der Waals surface area contributed by atoms with E-state index < -0.39 is 29.1 Å². The van der Waals surface area contributed by atoms with Crippen LogP contribution in [0.2, 0.25) is 0 Å². The third-order valence-corrected chi connectivity index (χ3v) is 3.82. The van der Waals surface area contributed by atoms with Crippen molar-refractivity contribution in [2.45, 2.75) is 32.7 Å². The van der Waals surface area contributed by atoms with Crippen LogP contribution < -0.4 is 10.9 Å². The smallest absolute Gasteiger partial charge is 0.251 e. The van der Waals surface area contributed by atoms with Gasteiger partial charge in [-0.05, 0) is 43.2 Å². The molecule has 2 aromatic rings. The van der Waals surface area contributed by atoms with E-state index in [1.165, 1.54) is 24.4 Å². The number of hydrogen-bond acceptors (Lipinski definition) is 3. The molecule has 0 aliphatic heterocycles. The molecule has 2 rings (SSSR count). The molecule has 1 heterocycles. The van der Waals surface area contributed by atoms with E-state index in [1.807, 2.05) is 6.92 Å². The largest absolute Gasteiger partial charge is 0.354 e. The maximum absolute atomic E-state index is 13.1. The van der Waals surface area contributed by atoms with Gasteiger partial charge in [-0.15, -0.1) is 0 Å². The Labute approximate surface area is 145 Å². The molecule has 0 saturated carbocycles. The summed E-state index contributed by atoms with van der Waals surface area (Å²) in [6, 6.07) is 6.54. The van der Waals surface area contributed by atoms with E-state index in [2.05, 4.69) is 5.32 Å². The van der Waals surface area contributed by atoms with Crippen molar-refractivity contribution >= 4 is 11.7 Å².